The van der Waals surface area contributed by atoms with Gasteiger partial charge in [-0.2, -0.15) is 0 Å². The van der Waals surface area contributed by atoms with Crippen LogP contribution in [-0.2, 0) is 0 Å². The van der Waals surface area contributed by atoms with Crippen LogP contribution in [-0.4, -0.2) is 0 Å². The average molecular weight is 144 g/mol. The lowest BCUT2D eigenvalue weighted by molar-refractivity contribution is 1.57. The highest BCUT2D eigenvalue weighted by Gasteiger charge is 1.80. The molecule has 11 heavy (non-hydrogen) atoms. The van der Waals surface area contributed by atoms with Crippen LogP contribution in [0.25, 0.3) is 6.08 Å². The highest BCUT2D eigenvalue weighted by atomic mass is 13.9. The summed E-state index contributed by atoms with van der Waals surface area (Å²) in [6.07, 6.45) is 4.07. The van der Waals surface area contributed by atoms with Crippen molar-refractivity contribution in [1.82, 2.24) is 0 Å². The SMILES string of the molecule is C=C(C)/C=C/c1ccccc1. The molecule has 1 rings (SSSR count). The van der Waals surface area contributed by atoms with E-state index in [-0.39, 0.29) is 0 Å². The van der Waals surface area contributed by atoms with Crippen molar-refractivity contribution in [1.29, 1.82) is 0 Å². The van der Waals surface area contributed by atoms with Gasteiger partial charge < -0.3 is 0 Å². The summed E-state index contributed by atoms with van der Waals surface area (Å²) in [5.41, 5.74) is 2.30. The lowest BCUT2D eigenvalue weighted by atomic mass is 10.2. The van der Waals surface area contributed by atoms with Crippen molar-refractivity contribution in [2.24, 2.45) is 0 Å². The molecule has 0 fully saturated rings. The zero-order valence-electron chi connectivity index (χ0n) is 6.75. The van der Waals surface area contributed by atoms with E-state index < -0.39 is 0 Å². The fourth-order valence-electron chi connectivity index (χ4n) is 0.803. The monoisotopic (exact) mass is 144 g/mol. The van der Waals surface area contributed by atoms with Crippen molar-refractivity contribution in [2.45, 2.75) is 6.92 Å². The minimum Gasteiger partial charge on any atom is -0.0961 e. The van der Waals surface area contributed by atoms with E-state index in [4.69, 9.17) is 0 Å². The molecule has 0 amide bonds. The van der Waals surface area contributed by atoms with Crippen molar-refractivity contribution in [2.75, 3.05) is 0 Å². The third-order valence-electron chi connectivity index (χ3n) is 1.36. The Hall–Kier alpha value is -1.30. The molecule has 0 saturated carbocycles. The third kappa shape index (κ3) is 2.85. The van der Waals surface area contributed by atoms with Crippen molar-refractivity contribution >= 4 is 6.08 Å². The average Bonchev–Trinajstić information content (AvgIpc) is 2.03. The molecular formula is C11H12. The molecule has 0 saturated heterocycles. The number of hydrogen-bond acceptors (Lipinski definition) is 0. The van der Waals surface area contributed by atoms with Crippen LogP contribution in [0.4, 0.5) is 0 Å². The van der Waals surface area contributed by atoms with Crippen LogP contribution in [0.1, 0.15) is 12.5 Å². The van der Waals surface area contributed by atoms with Crippen LogP contribution in [0.3, 0.4) is 0 Å². The summed E-state index contributed by atoms with van der Waals surface area (Å²) in [4.78, 5) is 0. The molecule has 1 aromatic rings. The van der Waals surface area contributed by atoms with Crippen LogP contribution in [0.15, 0.2) is 48.6 Å². The van der Waals surface area contributed by atoms with Gasteiger partial charge in [-0.15, -0.1) is 0 Å². The van der Waals surface area contributed by atoms with Gasteiger partial charge in [0.1, 0.15) is 0 Å². The van der Waals surface area contributed by atoms with Gasteiger partial charge in [0.05, 0.1) is 0 Å². The van der Waals surface area contributed by atoms with Crippen LogP contribution in [0.5, 0.6) is 0 Å². The number of allylic oxidation sites excluding steroid dienone is 2. The lowest BCUT2D eigenvalue weighted by Gasteiger charge is -1.90. The molecule has 0 nitrogen and oxygen atoms in total. The Kier molecular flexibility index (Phi) is 2.67. The first kappa shape index (κ1) is 7.80. The molecule has 0 heteroatoms. The Morgan fingerprint density at radius 2 is 1.91 bits per heavy atom. The Morgan fingerprint density at radius 1 is 1.27 bits per heavy atom. The Labute approximate surface area is 67.9 Å². The van der Waals surface area contributed by atoms with Crippen molar-refractivity contribution in [3.63, 3.8) is 0 Å². The molecular weight excluding hydrogens is 132 g/mol. The highest BCUT2D eigenvalue weighted by Crippen LogP contribution is 2.02. The van der Waals surface area contributed by atoms with E-state index in [0.717, 1.165) is 5.57 Å². The molecule has 0 heterocycles. The van der Waals surface area contributed by atoms with Gasteiger partial charge in [0.25, 0.3) is 0 Å². The summed E-state index contributed by atoms with van der Waals surface area (Å²) >= 11 is 0. The fourth-order valence-corrected chi connectivity index (χ4v) is 0.803. The largest absolute Gasteiger partial charge is 0.0961 e. The molecule has 0 aromatic heterocycles. The van der Waals surface area contributed by atoms with Crippen molar-refractivity contribution < 1.29 is 0 Å². The second kappa shape index (κ2) is 3.77. The summed E-state index contributed by atoms with van der Waals surface area (Å²) in [6, 6.07) is 10.2. The number of rotatable bonds is 2. The lowest BCUT2D eigenvalue weighted by Crippen LogP contribution is -1.68. The minimum atomic E-state index is 1.08. The first-order chi connectivity index (χ1) is 5.29. The van der Waals surface area contributed by atoms with E-state index in [9.17, 15) is 0 Å². The molecule has 0 aliphatic rings. The van der Waals surface area contributed by atoms with Gasteiger partial charge in [0.2, 0.25) is 0 Å². The molecule has 0 atom stereocenters. The molecule has 0 spiro atoms. The minimum absolute atomic E-state index is 1.08. The van der Waals surface area contributed by atoms with E-state index in [0.29, 0.717) is 0 Å². The zero-order valence-corrected chi connectivity index (χ0v) is 6.75. The van der Waals surface area contributed by atoms with E-state index >= 15 is 0 Å². The molecule has 0 aliphatic carbocycles. The van der Waals surface area contributed by atoms with Crippen LogP contribution < -0.4 is 0 Å². The second-order valence-electron chi connectivity index (χ2n) is 2.59. The van der Waals surface area contributed by atoms with Gasteiger partial charge in [-0.25, -0.2) is 0 Å². The summed E-state index contributed by atoms with van der Waals surface area (Å²) < 4.78 is 0. The van der Waals surface area contributed by atoms with E-state index in [2.05, 4.69) is 24.8 Å². The topological polar surface area (TPSA) is 0 Å². The van der Waals surface area contributed by atoms with Crippen LogP contribution >= 0.6 is 0 Å². The molecule has 0 aliphatic heterocycles. The maximum atomic E-state index is 3.78. The molecule has 0 N–H and O–H groups in total. The second-order valence-corrected chi connectivity index (χ2v) is 2.59. The summed E-state index contributed by atoms with van der Waals surface area (Å²) in [5.74, 6) is 0. The molecule has 1 aromatic carbocycles. The summed E-state index contributed by atoms with van der Waals surface area (Å²) in [5, 5.41) is 0. The summed E-state index contributed by atoms with van der Waals surface area (Å²) in [7, 11) is 0. The van der Waals surface area contributed by atoms with Gasteiger partial charge in [0, 0.05) is 0 Å². The molecule has 0 radical (unpaired) electrons. The van der Waals surface area contributed by atoms with Crippen LogP contribution in [0.2, 0.25) is 0 Å². The first-order valence-corrected chi connectivity index (χ1v) is 3.67. The standard InChI is InChI=1S/C11H12/c1-10(2)8-9-11-6-4-3-5-7-11/h3-9H,1H2,2H3/b9-8+. The predicted octanol–water partition coefficient (Wildman–Crippen LogP) is 3.28. The van der Waals surface area contributed by atoms with E-state index in [1.165, 1.54) is 5.56 Å². The van der Waals surface area contributed by atoms with Gasteiger partial charge in [0.15, 0.2) is 0 Å². The third-order valence-corrected chi connectivity index (χ3v) is 1.36. The predicted molar refractivity (Wildman–Crippen MR) is 50.3 cm³/mol. The molecule has 0 bridgehead atoms. The number of hydrogen-bond donors (Lipinski definition) is 0. The van der Waals surface area contributed by atoms with Crippen molar-refractivity contribution in [3.8, 4) is 0 Å². The van der Waals surface area contributed by atoms with Gasteiger partial charge >= 0.3 is 0 Å². The number of benzene rings is 1. The smallest absolute Gasteiger partial charge is 0.0257 e. The zero-order chi connectivity index (χ0) is 8.10. The first-order valence-electron chi connectivity index (χ1n) is 3.67. The maximum absolute atomic E-state index is 3.78. The quantitative estimate of drug-likeness (QED) is 0.559. The van der Waals surface area contributed by atoms with E-state index in [1.54, 1.807) is 0 Å². The molecule has 0 unspecified atom stereocenters. The van der Waals surface area contributed by atoms with E-state index in [1.807, 2.05) is 31.2 Å². The maximum Gasteiger partial charge on any atom is -0.0257 e. The van der Waals surface area contributed by atoms with Crippen molar-refractivity contribution in [3.05, 3.63) is 54.1 Å². The molecule has 56 valence electrons. The van der Waals surface area contributed by atoms with Gasteiger partial charge in [-0.3, -0.25) is 0 Å². The van der Waals surface area contributed by atoms with Crippen LogP contribution in [0, 0.1) is 0 Å². The Bertz CT molecular complexity index is 255. The van der Waals surface area contributed by atoms with Gasteiger partial charge in [-0.1, -0.05) is 54.6 Å². The Balaban J connectivity index is 2.72. The van der Waals surface area contributed by atoms with Gasteiger partial charge in [-0.05, 0) is 12.5 Å². The Morgan fingerprint density at radius 3 is 2.45 bits per heavy atom. The normalized spacial score (nSPS) is 10.3. The summed E-state index contributed by atoms with van der Waals surface area (Å²) in [6.45, 7) is 5.77. The fraction of sp³-hybridized carbons (Fsp3) is 0.0909. The highest BCUT2D eigenvalue weighted by molar-refractivity contribution is 5.51.